The van der Waals surface area contributed by atoms with Crippen molar-refractivity contribution in [1.82, 2.24) is 15.3 Å². The summed E-state index contributed by atoms with van der Waals surface area (Å²) in [5.41, 5.74) is 1.30. The lowest BCUT2D eigenvalue weighted by molar-refractivity contribution is 0.550. The van der Waals surface area contributed by atoms with E-state index in [4.69, 9.17) is 0 Å². The standard InChI is InChI=1S/C15H19N3S/c1-12(2)9-17-10-13-5-3-4-6-14(13)19-15-11-16-7-8-18-15/h3-8,11-12,17H,9-10H2,1-2H3. The predicted molar refractivity (Wildman–Crippen MR) is 79.1 cm³/mol. The summed E-state index contributed by atoms with van der Waals surface area (Å²) in [5, 5.41) is 4.41. The monoisotopic (exact) mass is 273 g/mol. The number of rotatable bonds is 6. The zero-order valence-electron chi connectivity index (χ0n) is 11.3. The highest BCUT2D eigenvalue weighted by Gasteiger charge is 2.05. The summed E-state index contributed by atoms with van der Waals surface area (Å²) in [6.07, 6.45) is 5.21. The van der Waals surface area contributed by atoms with Crippen LogP contribution in [-0.4, -0.2) is 16.5 Å². The average Bonchev–Trinajstić information content (AvgIpc) is 2.41. The van der Waals surface area contributed by atoms with Crippen molar-refractivity contribution >= 4 is 11.8 Å². The second-order valence-corrected chi connectivity index (χ2v) is 5.84. The molecule has 0 bridgehead atoms. The Kier molecular flexibility index (Phi) is 5.36. The molecule has 19 heavy (non-hydrogen) atoms. The fourth-order valence-electron chi connectivity index (χ4n) is 1.70. The molecule has 0 aliphatic heterocycles. The maximum atomic E-state index is 4.30. The van der Waals surface area contributed by atoms with Gasteiger partial charge in [-0.3, -0.25) is 4.98 Å². The van der Waals surface area contributed by atoms with Crippen LogP contribution in [0.15, 0.2) is 52.8 Å². The lowest BCUT2D eigenvalue weighted by Gasteiger charge is -2.11. The molecule has 0 saturated heterocycles. The van der Waals surface area contributed by atoms with Crippen molar-refractivity contribution in [2.75, 3.05) is 6.54 Å². The van der Waals surface area contributed by atoms with E-state index in [1.165, 1.54) is 10.5 Å². The van der Waals surface area contributed by atoms with Crippen molar-refractivity contribution in [3.05, 3.63) is 48.4 Å². The number of aromatic nitrogens is 2. The first-order chi connectivity index (χ1) is 9.25. The number of nitrogens with zero attached hydrogens (tertiary/aromatic N) is 2. The van der Waals surface area contributed by atoms with Gasteiger partial charge in [-0.15, -0.1) is 0 Å². The van der Waals surface area contributed by atoms with E-state index in [2.05, 4.69) is 53.4 Å². The van der Waals surface area contributed by atoms with Crippen LogP contribution in [0.5, 0.6) is 0 Å². The number of benzene rings is 1. The molecule has 0 fully saturated rings. The Morgan fingerprint density at radius 3 is 2.79 bits per heavy atom. The summed E-state index contributed by atoms with van der Waals surface area (Å²) < 4.78 is 0. The van der Waals surface area contributed by atoms with Crippen LogP contribution in [0.4, 0.5) is 0 Å². The van der Waals surface area contributed by atoms with Crippen LogP contribution in [0.2, 0.25) is 0 Å². The smallest absolute Gasteiger partial charge is 0.119 e. The van der Waals surface area contributed by atoms with Gasteiger partial charge in [-0.2, -0.15) is 0 Å². The largest absolute Gasteiger partial charge is 0.312 e. The first-order valence-corrected chi connectivity index (χ1v) is 7.30. The van der Waals surface area contributed by atoms with Gasteiger partial charge in [0.1, 0.15) is 5.03 Å². The fraction of sp³-hybridized carbons (Fsp3) is 0.333. The molecule has 4 heteroatoms. The molecule has 1 aromatic carbocycles. The molecule has 1 heterocycles. The van der Waals surface area contributed by atoms with Crippen LogP contribution >= 0.6 is 11.8 Å². The quantitative estimate of drug-likeness (QED) is 0.875. The summed E-state index contributed by atoms with van der Waals surface area (Å²) in [6.45, 7) is 6.35. The van der Waals surface area contributed by atoms with Crippen molar-refractivity contribution < 1.29 is 0 Å². The molecule has 1 aromatic heterocycles. The molecule has 3 nitrogen and oxygen atoms in total. The second kappa shape index (κ2) is 7.26. The molecule has 2 rings (SSSR count). The average molecular weight is 273 g/mol. The second-order valence-electron chi connectivity index (χ2n) is 4.78. The molecule has 0 atom stereocenters. The third-order valence-corrected chi connectivity index (χ3v) is 3.63. The molecule has 100 valence electrons. The van der Waals surface area contributed by atoms with Gasteiger partial charge in [0.2, 0.25) is 0 Å². The molecule has 0 spiro atoms. The van der Waals surface area contributed by atoms with E-state index < -0.39 is 0 Å². The molecule has 0 aliphatic carbocycles. The normalized spacial score (nSPS) is 10.9. The van der Waals surface area contributed by atoms with E-state index in [-0.39, 0.29) is 0 Å². The van der Waals surface area contributed by atoms with Gasteiger partial charge in [-0.25, -0.2) is 4.98 Å². The van der Waals surface area contributed by atoms with E-state index in [1.807, 2.05) is 0 Å². The van der Waals surface area contributed by atoms with Crippen molar-refractivity contribution in [2.45, 2.75) is 30.3 Å². The van der Waals surface area contributed by atoms with E-state index in [9.17, 15) is 0 Å². The van der Waals surface area contributed by atoms with Crippen molar-refractivity contribution in [3.8, 4) is 0 Å². The summed E-state index contributed by atoms with van der Waals surface area (Å²) in [4.78, 5) is 9.64. The summed E-state index contributed by atoms with van der Waals surface area (Å²) in [5.74, 6) is 0.666. The summed E-state index contributed by atoms with van der Waals surface area (Å²) in [6, 6.07) is 8.43. The van der Waals surface area contributed by atoms with Gasteiger partial charge in [0.05, 0.1) is 6.20 Å². The Labute approximate surface area is 118 Å². The maximum Gasteiger partial charge on any atom is 0.119 e. The SMILES string of the molecule is CC(C)CNCc1ccccc1Sc1cnccn1. The van der Waals surface area contributed by atoms with E-state index in [0.717, 1.165) is 18.1 Å². The van der Waals surface area contributed by atoms with Gasteiger partial charge in [0.25, 0.3) is 0 Å². The highest BCUT2D eigenvalue weighted by Crippen LogP contribution is 2.28. The third-order valence-electron chi connectivity index (χ3n) is 2.59. The number of hydrogen-bond donors (Lipinski definition) is 1. The topological polar surface area (TPSA) is 37.8 Å². The summed E-state index contributed by atoms with van der Waals surface area (Å²) >= 11 is 1.66. The van der Waals surface area contributed by atoms with Crippen molar-refractivity contribution in [1.29, 1.82) is 0 Å². The molecule has 0 amide bonds. The molecule has 0 aliphatic rings. The van der Waals surface area contributed by atoms with Crippen LogP contribution in [0.1, 0.15) is 19.4 Å². The minimum atomic E-state index is 0.666. The van der Waals surface area contributed by atoms with Gasteiger partial charge >= 0.3 is 0 Å². The van der Waals surface area contributed by atoms with Gasteiger partial charge in [-0.1, -0.05) is 43.8 Å². The van der Waals surface area contributed by atoms with Gasteiger partial charge in [0, 0.05) is 23.8 Å². The Morgan fingerprint density at radius 1 is 1.21 bits per heavy atom. The number of hydrogen-bond acceptors (Lipinski definition) is 4. The third kappa shape index (κ3) is 4.65. The molecule has 0 saturated carbocycles. The molecule has 1 N–H and O–H groups in total. The Hall–Kier alpha value is -1.39. The Bertz CT molecular complexity index is 500. The van der Waals surface area contributed by atoms with Crippen LogP contribution < -0.4 is 5.32 Å². The first kappa shape index (κ1) is 14.0. The molecule has 2 aromatic rings. The Balaban J connectivity index is 2.04. The first-order valence-electron chi connectivity index (χ1n) is 6.48. The van der Waals surface area contributed by atoms with Crippen molar-refractivity contribution in [2.24, 2.45) is 5.92 Å². The highest BCUT2D eigenvalue weighted by atomic mass is 32.2. The zero-order valence-corrected chi connectivity index (χ0v) is 12.2. The fourth-order valence-corrected chi connectivity index (χ4v) is 2.57. The minimum absolute atomic E-state index is 0.666. The van der Waals surface area contributed by atoms with E-state index >= 15 is 0 Å². The van der Waals surface area contributed by atoms with Crippen molar-refractivity contribution in [3.63, 3.8) is 0 Å². The summed E-state index contributed by atoms with van der Waals surface area (Å²) in [7, 11) is 0. The van der Waals surface area contributed by atoms with E-state index in [0.29, 0.717) is 5.92 Å². The van der Waals surface area contributed by atoms with Gasteiger partial charge in [-0.05, 0) is 24.1 Å². The lowest BCUT2D eigenvalue weighted by atomic mass is 10.2. The Morgan fingerprint density at radius 2 is 2.05 bits per heavy atom. The highest BCUT2D eigenvalue weighted by molar-refractivity contribution is 7.99. The van der Waals surface area contributed by atoms with Crippen LogP contribution in [0.3, 0.4) is 0 Å². The van der Waals surface area contributed by atoms with Gasteiger partial charge in [0.15, 0.2) is 0 Å². The van der Waals surface area contributed by atoms with Crippen LogP contribution in [0, 0.1) is 5.92 Å². The lowest BCUT2D eigenvalue weighted by Crippen LogP contribution is -2.19. The predicted octanol–water partition coefficient (Wildman–Crippen LogP) is 3.37. The molecular formula is C15H19N3S. The molecule has 0 radical (unpaired) electrons. The maximum absolute atomic E-state index is 4.30. The molecule has 0 unspecified atom stereocenters. The zero-order chi connectivity index (χ0) is 13.5. The van der Waals surface area contributed by atoms with Crippen LogP contribution in [-0.2, 0) is 6.54 Å². The molecular weight excluding hydrogens is 254 g/mol. The van der Waals surface area contributed by atoms with Crippen LogP contribution in [0.25, 0.3) is 0 Å². The van der Waals surface area contributed by atoms with Gasteiger partial charge < -0.3 is 5.32 Å². The number of nitrogens with one attached hydrogen (secondary N) is 1. The van der Waals surface area contributed by atoms with E-state index in [1.54, 1.807) is 30.4 Å². The minimum Gasteiger partial charge on any atom is -0.312 e.